The van der Waals surface area contributed by atoms with Crippen LogP contribution < -0.4 is 5.32 Å². The van der Waals surface area contributed by atoms with Gasteiger partial charge in [-0.25, -0.2) is 14.4 Å². The molecule has 3 amide bonds. The molecule has 71 heavy (non-hydrogen) atoms. The largest absolute Gasteiger partial charge is 0.445 e. The molecule has 0 unspecified atom stereocenters. The van der Waals surface area contributed by atoms with Crippen molar-refractivity contribution in [3.05, 3.63) is 179 Å². The number of benzene rings is 5. The number of ether oxygens (including phenoxy) is 3. The van der Waals surface area contributed by atoms with Crippen LogP contribution in [0.25, 0.3) is 0 Å². The molecule has 2 saturated heterocycles. The number of nitrogens with one attached hydrogen (secondary N) is 1. The molecule has 5 aromatic carbocycles. The zero-order chi connectivity index (χ0) is 50.5. The van der Waals surface area contributed by atoms with E-state index in [1.165, 1.54) is 22.3 Å². The summed E-state index contributed by atoms with van der Waals surface area (Å²) >= 11 is 0. The summed E-state index contributed by atoms with van der Waals surface area (Å²) in [6.07, 6.45) is 4.22. The summed E-state index contributed by atoms with van der Waals surface area (Å²) in [4.78, 5) is 45.0. The van der Waals surface area contributed by atoms with Gasteiger partial charge in [-0.1, -0.05) is 159 Å². The van der Waals surface area contributed by atoms with Crippen LogP contribution in [-0.4, -0.2) is 109 Å². The zero-order valence-electron chi connectivity index (χ0n) is 42.8. The maximum Gasteiger partial charge on any atom is 0.410 e. The summed E-state index contributed by atoms with van der Waals surface area (Å²) in [5.41, 5.74) is 4.43. The van der Waals surface area contributed by atoms with E-state index >= 15 is 0 Å². The second-order valence-corrected chi connectivity index (χ2v) is 20.3. The average molecular weight is 971 g/mol. The molecule has 11 nitrogen and oxygen atoms in total. The Morgan fingerprint density at radius 3 is 1.24 bits per heavy atom. The van der Waals surface area contributed by atoms with E-state index in [1.54, 1.807) is 4.90 Å². The van der Waals surface area contributed by atoms with Crippen LogP contribution in [0.2, 0.25) is 0 Å². The number of aliphatic hydroxyl groups excluding tert-OH is 1. The van der Waals surface area contributed by atoms with Gasteiger partial charge in [0, 0.05) is 57.2 Å². The number of hydrogen-bond donors (Lipinski definition) is 2. The van der Waals surface area contributed by atoms with E-state index in [0.717, 1.165) is 64.3 Å². The van der Waals surface area contributed by atoms with Crippen molar-refractivity contribution in [2.24, 2.45) is 0 Å². The normalized spacial score (nSPS) is 14.9. The first-order valence-corrected chi connectivity index (χ1v) is 24.9. The molecule has 11 heteroatoms. The maximum absolute atomic E-state index is 13.4. The molecule has 384 valence electrons. The Kier molecular flexibility index (Phi) is 22.7. The van der Waals surface area contributed by atoms with Gasteiger partial charge < -0.3 is 39.3 Å². The summed E-state index contributed by atoms with van der Waals surface area (Å²) in [6, 6.07) is 51.3. The predicted octanol–water partition coefficient (Wildman–Crippen LogP) is 11.9. The smallest absolute Gasteiger partial charge is 0.410 e. The van der Waals surface area contributed by atoms with Crippen LogP contribution in [0.15, 0.2) is 152 Å². The van der Waals surface area contributed by atoms with Crippen molar-refractivity contribution in [2.75, 3.05) is 59.5 Å². The Balaban J connectivity index is 0.000000306. The Hall–Kier alpha value is -6.17. The fourth-order valence-corrected chi connectivity index (χ4v) is 9.16. The molecular weight excluding hydrogens is 889 g/mol. The minimum absolute atomic E-state index is 0. The molecule has 0 spiro atoms. The predicted molar refractivity (Wildman–Crippen MR) is 287 cm³/mol. The fraction of sp³-hybridized carbons (Fsp3) is 0.450. The van der Waals surface area contributed by atoms with E-state index in [-0.39, 0.29) is 43.1 Å². The standard InChI is InChI=1S/C33H40N2O4.C25H34N2O2.CH4O.CH4/c1-32(2,3)39-31(37)35(22-19-27-13-7-4-8-14-27)26-33(29-17-11-6-12-18-29)20-23-34(24-21-33)30(36)38-25-28-15-9-5-10-16-28;1-24(2,3)29-23(28)27(19-14-21-10-6-4-7-11-21)20-25(15-17-26-18-16-25)22-12-8-5-9-13-22;1-2;/h4-18H,19-26H2,1-3H3;4-13,26H,14-20H2,1-3H3;2H,1H3;1H4. The lowest BCUT2D eigenvalue weighted by Gasteiger charge is -2.44. The van der Waals surface area contributed by atoms with Gasteiger partial charge in [0.25, 0.3) is 0 Å². The van der Waals surface area contributed by atoms with Crippen molar-refractivity contribution in [1.82, 2.24) is 20.0 Å². The highest BCUT2D eigenvalue weighted by Crippen LogP contribution is 2.38. The molecule has 2 heterocycles. The topological polar surface area (TPSA) is 121 Å². The number of rotatable bonds is 14. The van der Waals surface area contributed by atoms with E-state index in [2.05, 4.69) is 72.0 Å². The summed E-state index contributed by atoms with van der Waals surface area (Å²) in [6.45, 7) is 17.2. The summed E-state index contributed by atoms with van der Waals surface area (Å²) in [7, 11) is 1.00. The SMILES string of the molecule is C.CC(C)(C)OC(=O)N(CCc1ccccc1)CC1(c2ccccc2)CCN(C(=O)OCc2ccccc2)CC1.CC(C)(C)OC(=O)N(CCc1ccccc1)CC1(c2ccccc2)CCNCC1.CO. The van der Waals surface area contributed by atoms with E-state index in [0.29, 0.717) is 39.3 Å². The van der Waals surface area contributed by atoms with Crippen molar-refractivity contribution in [3.8, 4) is 0 Å². The van der Waals surface area contributed by atoms with Crippen LogP contribution in [0.5, 0.6) is 0 Å². The number of aliphatic hydroxyl groups is 1. The number of carbonyl (C=O) groups is 3. The molecule has 7 rings (SSSR count). The van der Waals surface area contributed by atoms with E-state index in [9.17, 15) is 14.4 Å². The molecule has 2 N–H and O–H groups in total. The molecule has 0 atom stereocenters. The molecule has 0 bridgehead atoms. The molecule has 0 radical (unpaired) electrons. The van der Waals surface area contributed by atoms with Crippen molar-refractivity contribution < 1.29 is 33.7 Å². The molecule has 5 aromatic rings. The summed E-state index contributed by atoms with van der Waals surface area (Å²) in [5, 5.41) is 10.5. The van der Waals surface area contributed by atoms with Crippen molar-refractivity contribution >= 4 is 18.3 Å². The highest BCUT2D eigenvalue weighted by Gasteiger charge is 2.41. The Morgan fingerprint density at radius 2 is 0.873 bits per heavy atom. The Labute approximate surface area is 425 Å². The lowest BCUT2D eigenvalue weighted by atomic mass is 9.72. The van der Waals surface area contributed by atoms with Crippen molar-refractivity contribution in [1.29, 1.82) is 0 Å². The van der Waals surface area contributed by atoms with Gasteiger partial charge in [-0.2, -0.15) is 0 Å². The Bertz CT molecular complexity index is 2270. The van der Waals surface area contributed by atoms with Crippen LogP contribution in [0.3, 0.4) is 0 Å². The molecule has 0 aliphatic carbocycles. The molecule has 0 saturated carbocycles. The van der Waals surface area contributed by atoms with Gasteiger partial charge >= 0.3 is 18.3 Å². The van der Waals surface area contributed by atoms with E-state index in [4.69, 9.17) is 19.3 Å². The second kappa shape index (κ2) is 28.0. The van der Waals surface area contributed by atoms with Gasteiger partial charge in [0.1, 0.15) is 17.8 Å². The van der Waals surface area contributed by atoms with Gasteiger partial charge in [0.05, 0.1) is 0 Å². The van der Waals surface area contributed by atoms with Gasteiger partial charge in [-0.05, 0) is 121 Å². The minimum atomic E-state index is -0.589. The van der Waals surface area contributed by atoms with Crippen LogP contribution >= 0.6 is 0 Å². The molecule has 0 aromatic heterocycles. The van der Waals surface area contributed by atoms with Crippen molar-refractivity contribution in [3.63, 3.8) is 0 Å². The second-order valence-electron chi connectivity index (χ2n) is 20.3. The first-order valence-electron chi connectivity index (χ1n) is 24.9. The molecular formula is C60H82N4O7. The molecule has 2 aliphatic heterocycles. The highest BCUT2D eigenvalue weighted by atomic mass is 16.6. The van der Waals surface area contributed by atoms with Crippen LogP contribution in [0.4, 0.5) is 14.4 Å². The first kappa shape index (κ1) is 57.4. The number of amides is 3. The third-order valence-corrected chi connectivity index (χ3v) is 12.8. The van der Waals surface area contributed by atoms with Gasteiger partial charge in [0.15, 0.2) is 0 Å². The van der Waals surface area contributed by atoms with E-state index < -0.39 is 11.2 Å². The Morgan fingerprint density at radius 1 is 0.535 bits per heavy atom. The van der Waals surface area contributed by atoms with Gasteiger partial charge in [-0.3, -0.25) is 0 Å². The maximum atomic E-state index is 13.4. The quantitative estimate of drug-likeness (QED) is 0.106. The van der Waals surface area contributed by atoms with Crippen molar-refractivity contribution in [2.45, 2.75) is 116 Å². The third-order valence-electron chi connectivity index (χ3n) is 12.8. The van der Waals surface area contributed by atoms with Gasteiger partial charge in [-0.15, -0.1) is 0 Å². The minimum Gasteiger partial charge on any atom is -0.445 e. The first-order chi connectivity index (χ1) is 33.6. The molecule has 2 fully saturated rings. The summed E-state index contributed by atoms with van der Waals surface area (Å²) < 4.78 is 17.2. The number of piperidine rings is 2. The zero-order valence-corrected chi connectivity index (χ0v) is 42.8. The monoisotopic (exact) mass is 971 g/mol. The number of likely N-dealkylation sites (tertiary alicyclic amines) is 1. The highest BCUT2D eigenvalue weighted by molar-refractivity contribution is 5.69. The average Bonchev–Trinajstić information content (AvgIpc) is 3.37. The van der Waals surface area contributed by atoms with E-state index in [1.807, 2.05) is 136 Å². The lowest BCUT2D eigenvalue weighted by Crippen LogP contribution is -2.52. The summed E-state index contributed by atoms with van der Waals surface area (Å²) in [5.74, 6) is 0. The van der Waals surface area contributed by atoms with Crippen LogP contribution in [0, 0.1) is 0 Å². The van der Waals surface area contributed by atoms with Crippen LogP contribution in [0.1, 0.15) is 102 Å². The van der Waals surface area contributed by atoms with Crippen LogP contribution in [-0.2, 0) is 44.5 Å². The molecule has 2 aliphatic rings. The lowest BCUT2D eigenvalue weighted by molar-refractivity contribution is 0.0154. The number of nitrogens with zero attached hydrogens (tertiary/aromatic N) is 3. The third kappa shape index (κ3) is 18.5. The number of carbonyl (C=O) groups excluding carboxylic acids is 3. The number of hydrogen-bond acceptors (Lipinski definition) is 8. The fourth-order valence-electron chi connectivity index (χ4n) is 9.16. The van der Waals surface area contributed by atoms with Gasteiger partial charge in [0.2, 0.25) is 0 Å².